The van der Waals surface area contributed by atoms with Crippen molar-refractivity contribution >= 4 is 0 Å². The third-order valence-corrected chi connectivity index (χ3v) is 3.00. The van der Waals surface area contributed by atoms with Crippen LogP contribution in [0.3, 0.4) is 0 Å². The van der Waals surface area contributed by atoms with Gasteiger partial charge in [0.1, 0.15) is 0 Å². The molecule has 0 amide bonds. The lowest BCUT2D eigenvalue weighted by Crippen LogP contribution is -2.31. The van der Waals surface area contributed by atoms with Crippen molar-refractivity contribution in [2.75, 3.05) is 6.54 Å². The Morgan fingerprint density at radius 3 is 2.57 bits per heavy atom. The van der Waals surface area contributed by atoms with Crippen LogP contribution in [0.5, 0.6) is 0 Å². The number of nitriles is 1. The molecule has 0 aliphatic heterocycles. The summed E-state index contributed by atoms with van der Waals surface area (Å²) in [5.74, 6) is 0. The summed E-state index contributed by atoms with van der Waals surface area (Å²) in [6, 6.07) is 2.98. The van der Waals surface area contributed by atoms with Gasteiger partial charge in [0.2, 0.25) is 0 Å². The Bertz CT molecular complexity index is 166. The Balaban J connectivity index is 1.85. The van der Waals surface area contributed by atoms with Crippen molar-refractivity contribution in [2.45, 2.75) is 63.8 Å². The van der Waals surface area contributed by atoms with Crippen LogP contribution in [0.25, 0.3) is 0 Å². The van der Waals surface area contributed by atoms with Crippen LogP contribution in [-0.4, -0.2) is 12.6 Å². The maximum Gasteiger partial charge on any atom is 0.0621 e. The molecule has 2 nitrogen and oxygen atoms in total. The Morgan fingerprint density at radius 2 is 1.86 bits per heavy atom. The third kappa shape index (κ3) is 5.24. The number of nitrogens with one attached hydrogen (secondary N) is 1. The molecule has 0 aromatic heterocycles. The van der Waals surface area contributed by atoms with E-state index in [4.69, 9.17) is 5.26 Å². The second-order valence-electron chi connectivity index (χ2n) is 4.26. The molecule has 1 rings (SSSR count). The molecule has 0 radical (unpaired) electrons. The van der Waals surface area contributed by atoms with E-state index < -0.39 is 0 Å². The quantitative estimate of drug-likeness (QED) is 0.660. The minimum atomic E-state index is 0.726. The largest absolute Gasteiger partial charge is 0.314 e. The smallest absolute Gasteiger partial charge is 0.0621 e. The van der Waals surface area contributed by atoms with Crippen LogP contribution in [0, 0.1) is 11.3 Å². The maximum atomic E-state index is 8.36. The molecule has 1 N–H and O–H groups in total. The second kappa shape index (κ2) is 7.82. The summed E-state index contributed by atoms with van der Waals surface area (Å²) in [5, 5.41) is 12.0. The van der Waals surface area contributed by atoms with Gasteiger partial charge in [-0.1, -0.05) is 25.7 Å². The Kier molecular flexibility index (Phi) is 6.43. The molecular weight excluding hydrogens is 172 g/mol. The van der Waals surface area contributed by atoms with Crippen LogP contribution in [0.1, 0.15) is 57.8 Å². The molecule has 1 saturated carbocycles. The summed E-state index contributed by atoms with van der Waals surface area (Å²) in [6.07, 6.45) is 11.2. The van der Waals surface area contributed by atoms with Gasteiger partial charge >= 0.3 is 0 Å². The van der Waals surface area contributed by atoms with Crippen molar-refractivity contribution < 1.29 is 0 Å². The average Bonchev–Trinajstić information content (AvgIpc) is 2.25. The summed E-state index contributed by atoms with van der Waals surface area (Å²) in [7, 11) is 0. The van der Waals surface area contributed by atoms with Crippen LogP contribution < -0.4 is 5.32 Å². The zero-order valence-corrected chi connectivity index (χ0v) is 9.10. The van der Waals surface area contributed by atoms with E-state index in [1.807, 2.05) is 0 Å². The minimum Gasteiger partial charge on any atom is -0.314 e. The van der Waals surface area contributed by atoms with Crippen molar-refractivity contribution in [1.29, 1.82) is 5.26 Å². The van der Waals surface area contributed by atoms with E-state index in [1.165, 1.54) is 44.9 Å². The molecule has 0 heterocycles. The second-order valence-corrected chi connectivity index (χ2v) is 4.26. The van der Waals surface area contributed by atoms with Gasteiger partial charge in [0.15, 0.2) is 0 Å². The zero-order chi connectivity index (χ0) is 10.1. The molecule has 0 aromatic rings. The van der Waals surface area contributed by atoms with Crippen LogP contribution in [0.4, 0.5) is 0 Å². The first-order valence-corrected chi connectivity index (χ1v) is 6.04. The number of hydrogen-bond donors (Lipinski definition) is 1. The molecule has 0 aromatic carbocycles. The Labute approximate surface area is 87.7 Å². The van der Waals surface area contributed by atoms with Crippen LogP contribution in [0.2, 0.25) is 0 Å². The van der Waals surface area contributed by atoms with E-state index in [2.05, 4.69) is 11.4 Å². The van der Waals surface area contributed by atoms with Crippen molar-refractivity contribution in [3.8, 4) is 6.07 Å². The SMILES string of the molecule is N#CCCCCCNC1CCCCC1. The molecule has 0 bridgehead atoms. The van der Waals surface area contributed by atoms with Crippen molar-refractivity contribution in [2.24, 2.45) is 0 Å². The lowest BCUT2D eigenvalue weighted by atomic mass is 9.95. The Hall–Kier alpha value is -0.550. The van der Waals surface area contributed by atoms with Gasteiger partial charge in [0.25, 0.3) is 0 Å². The molecule has 0 atom stereocenters. The van der Waals surface area contributed by atoms with Gasteiger partial charge in [-0.2, -0.15) is 5.26 Å². The normalized spacial score (nSPS) is 17.9. The molecular formula is C12H22N2. The first kappa shape index (κ1) is 11.5. The summed E-state index contributed by atoms with van der Waals surface area (Å²) in [6.45, 7) is 1.15. The number of unbranched alkanes of at least 4 members (excludes halogenated alkanes) is 3. The highest BCUT2D eigenvalue weighted by Crippen LogP contribution is 2.17. The van der Waals surface area contributed by atoms with Gasteiger partial charge in [-0.3, -0.25) is 0 Å². The van der Waals surface area contributed by atoms with Gasteiger partial charge in [0.05, 0.1) is 6.07 Å². The summed E-state index contributed by atoms with van der Waals surface area (Å²) < 4.78 is 0. The van der Waals surface area contributed by atoms with E-state index in [1.54, 1.807) is 0 Å². The zero-order valence-electron chi connectivity index (χ0n) is 9.10. The number of nitrogens with zero attached hydrogens (tertiary/aromatic N) is 1. The fourth-order valence-corrected chi connectivity index (χ4v) is 2.12. The molecule has 1 fully saturated rings. The van der Waals surface area contributed by atoms with E-state index in [0.29, 0.717) is 0 Å². The van der Waals surface area contributed by atoms with Crippen LogP contribution >= 0.6 is 0 Å². The molecule has 0 saturated heterocycles. The van der Waals surface area contributed by atoms with Crippen LogP contribution in [0.15, 0.2) is 0 Å². The average molecular weight is 194 g/mol. The fourth-order valence-electron chi connectivity index (χ4n) is 2.12. The first-order valence-electron chi connectivity index (χ1n) is 6.04. The van der Waals surface area contributed by atoms with E-state index in [-0.39, 0.29) is 0 Å². The number of hydrogen-bond acceptors (Lipinski definition) is 2. The molecule has 2 heteroatoms. The minimum absolute atomic E-state index is 0.726. The van der Waals surface area contributed by atoms with Crippen LogP contribution in [-0.2, 0) is 0 Å². The highest BCUT2D eigenvalue weighted by Gasteiger charge is 2.11. The summed E-state index contributed by atoms with van der Waals surface area (Å²) >= 11 is 0. The van der Waals surface area contributed by atoms with E-state index in [0.717, 1.165) is 25.4 Å². The highest BCUT2D eigenvalue weighted by atomic mass is 14.9. The van der Waals surface area contributed by atoms with Gasteiger partial charge < -0.3 is 5.32 Å². The predicted octanol–water partition coefficient (Wildman–Crippen LogP) is 2.99. The lowest BCUT2D eigenvalue weighted by Gasteiger charge is -2.22. The summed E-state index contributed by atoms with van der Waals surface area (Å²) in [5.41, 5.74) is 0. The Morgan fingerprint density at radius 1 is 1.07 bits per heavy atom. The van der Waals surface area contributed by atoms with Crippen molar-refractivity contribution in [1.82, 2.24) is 5.32 Å². The topological polar surface area (TPSA) is 35.8 Å². The number of rotatable bonds is 6. The highest BCUT2D eigenvalue weighted by molar-refractivity contribution is 4.72. The molecule has 80 valence electrons. The molecule has 14 heavy (non-hydrogen) atoms. The lowest BCUT2D eigenvalue weighted by molar-refractivity contribution is 0.370. The van der Waals surface area contributed by atoms with Gasteiger partial charge in [-0.15, -0.1) is 0 Å². The fraction of sp³-hybridized carbons (Fsp3) is 0.917. The standard InChI is InChI=1S/C12H22N2/c13-10-6-1-2-7-11-14-12-8-4-3-5-9-12/h12,14H,1-9,11H2. The first-order chi connectivity index (χ1) is 6.93. The monoisotopic (exact) mass is 194 g/mol. The third-order valence-electron chi connectivity index (χ3n) is 3.00. The molecule has 1 aliphatic carbocycles. The van der Waals surface area contributed by atoms with Gasteiger partial charge in [-0.05, 0) is 32.2 Å². The van der Waals surface area contributed by atoms with E-state index >= 15 is 0 Å². The van der Waals surface area contributed by atoms with Crippen molar-refractivity contribution in [3.05, 3.63) is 0 Å². The molecule has 1 aliphatic rings. The molecule has 0 spiro atoms. The van der Waals surface area contributed by atoms with Gasteiger partial charge in [0, 0.05) is 12.5 Å². The summed E-state index contributed by atoms with van der Waals surface area (Å²) in [4.78, 5) is 0. The van der Waals surface area contributed by atoms with Crippen molar-refractivity contribution in [3.63, 3.8) is 0 Å². The predicted molar refractivity (Wildman–Crippen MR) is 59.0 cm³/mol. The van der Waals surface area contributed by atoms with Gasteiger partial charge in [-0.25, -0.2) is 0 Å². The molecule has 0 unspecified atom stereocenters. The maximum absolute atomic E-state index is 8.36. The van der Waals surface area contributed by atoms with E-state index in [9.17, 15) is 0 Å².